The number of carbonyl (C=O) groups excluding carboxylic acids is 1. The van der Waals surface area contributed by atoms with E-state index in [0.717, 1.165) is 5.56 Å². The van der Waals surface area contributed by atoms with Gasteiger partial charge in [0.05, 0.1) is 5.57 Å². The number of nitrogens with one attached hydrogen (secondary N) is 1. The first-order chi connectivity index (χ1) is 11.3. The number of allylic oxidation sites excluding steroid dienone is 1. The van der Waals surface area contributed by atoms with Crippen molar-refractivity contribution in [3.05, 3.63) is 46.1 Å². The molecule has 126 valence electrons. The lowest BCUT2D eigenvalue weighted by atomic mass is 9.95. The van der Waals surface area contributed by atoms with E-state index in [-0.39, 0.29) is 0 Å². The van der Waals surface area contributed by atoms with Crippen LogP contribution >= 0.6 is 11.6 Å². The fourth-order valence-corrected chi connectivity index (χ4v) is 2.83. The van der Waals surface area contributed by atoms with Gasteiger partial charge in [-0.1, -0.05) is 34.9 Å². The highest BCUT2D eigenvalue weighted by molar-refractivity contribution is 6.31. The highest BCUT2D eigenvalue weighted by atomic mass is 35.5. The van der Waals surface area contributed by atoms with Crippen LogP contribution in [-0.2, 0) is 9.53 Å². The molecule has 24 heavy (non-hydrogen) atoms. The number of rotatable bonds is 2. The minimum absolute atomic E-state index is 0.429. The fourth-order valence-electron chi connectivity index (χ4n) is 2.59. The lowest BCUT2D eigenvalue weighted by Crippen LogP contribution is -2.33. The molecule has 2 heterocycles. The number of ether oxygens (including phenoxy) is 1. The third-order valence-electron chi connectivity index (χ3n) is 3.53. The Bertz CT molecular complexity index is 822. The first-order valence-corrected chi connectivity index (χ1v) is 7.89. The minimum atomic E-state index is -0.615. The molecular formula is C16H18ClN5O2. The Balaban J connectivity index is 2.14. The van der Waals surface area contributed by atoms with Crippen molar-refractivity contribution in [3.63, 3.8) is 0 Å². The number of tetrazole rings is 1. The number of hydrogen-bond donors (Lipinski definition) is 1. The highest BCUT2D eigenvalue weighted by Crippen LogP contribution is 2.38. The van der Waals surface area contributed by atoms with Gasteiger partial charge in [-0.3, -0.25) is 0 Å². The zero-order valence-corrected chi connectivity index (χ0v) is 14.6. The Hall–Kier alpha value is -2.41. The topological polar surface area (TPSA) is 81.9 Å². The monoisotopic (exact) mass is 347 g/mol. The van der Waals surface area contributed by atoms with Gasteiger partial charge in [0.2, 0.25) is 5.95 Å². The SMILES string of the molecule is CC1=C(C(=O)OC(C)(C)C)C(c2ccccc2Cl)n2nnnc2N1. The van der Waals surface area contributed by atoms with Gasteiger partial charge < -0.3 is 10.1 Å². The van der Waals surface area contributed by atoms with Gasteiger partial charge in [-0.2, -0.15) is 4.68 Å². The average Bonchev–Trinajstić information content (AvgIpc) is 2.92. The number of halogens is 1. The van der Waals surface area contributed by atoms with E-state index in [0.29, 0.717) is 22.2 Å². The molecule has 8 heteroatoms. The van der Waals surface area contributed by atoms with Crippen molar-refractivity contribution in [2.45, 2.75) is 39.3 Å². The second-order valence-electron chi connectivity index (χ2n) is 6.54. The van der Waals surface area contributed by atoms with Gasteiger partial charge in [-0.25, -0.2) is 4.79 Å². The summed E-state index contributed by atoms with van der Waals surface area (Å²) in [4.78, 5) is 12.8. The molecule has 0 saturated heterocycles. The molecule has 3 rings (SSSR count). The van der Waals surface area contributed by atoms with Crippen LogP contribution in [0, 0.1) is 0 Å². The normalized spacial score (nSPS) is 17.3. The summed E-state index contributed by atoms with van der Waals surface area (Å²) < 4.78 is 7.10. The Kier molecular flexibility index (Phi) is 4.04. The number of esters is 1. The van der Waals surface area contributed by atoms with Gasteiger partial charge in [0.15, 0.2) is 0 Å². The van der Waals surface area contributed by atoms with E-state index >= 15 is 0 Å². The van der Waals surface area contributed by atoms with E-state index in [1.54, 1.807) is 13.0 Å². The van der Waals surface area contributed by atoms with E-state index in [9.17, 15) is 4.79 Å². The Morgan fingerprint density at radius 3 is 2.71 bits per heavy atom. The third kappa shape index (κ3) is 2.99. The number of aromatic nitrogens is 4. The van der Waals surface area contributed by atoms with Crippen molar-refractivity contribution >= 4 is 23.5 Å². The van der Waals surface area contributed by atoms with Crippen LogP contribution in [0.2, 0.25) is 5.02 Å². The lowest BCUT2D eigenvalue weighted by molar-refractivity contribution is -0.150. The van der Waals surface area contributed by atoms with E-state index in [4.69, 9.17) is 16.3 Å². The molecule has 0 saturated carbocycles. The second kappa shape index (κ2) is 5.90. The van der Waals surface area contributed by atoms with Crippen LogP contribution in [0.3, 0.4) is 0 Å². The summed E-state index contributed by atoms with van der Waals surface area (Å²) >= 11 is 6.36. The number of fused-ring (bicyclic) bond motifs is 1. The molecule has 0 spiro atoms. The first kappa shape index (κ1) is 16.4. The quantitative estimate of drug-likeness (QED) is 0.841. The first-order valence-electron chi connectivity index (χ1n) is 7.51. The van der Waals surface area contributed by atoms with Gasteiger partial charge in [0.1, 0.15) is 11.6 Å². The molecular weight excluding hydrogens is 330 g/mol. The molecule has 1 atom stereocenters. The van der Waals surface area contributed by atoms with E-state index in [1.165, 1.54) is 4.68 Å². The molecule has 0 aliphatic carbocycles. The zero-order valence-electron chi connectivity index (χ0n) is 13.9. The minimum Gasteiger partial charge on any atom is -0.456 e. The molecule has 7 nitrogen and oxygen atoms in total. The summed E-state index contributed by atoms with van der Waals surface area (Å²) in [5.41, 5.74) is 1.18. The number of anilines is 1. The highest BCUT2D eigenvalue weighted by Gasteiger charge is 2.37. The summed E-state index contributed by atoms with van der Waals surface area (Å²) in [6.07, 6.45) is 0. The van der Waals surface area contributed by atoms with Gasteiger partial charge in [0.25, 0.3) is 0 Å². The summed E-state index contributed by atoms with van der Waals surface area (Å²) in [6.45, 7) is 7.26. The van der Waals surface area contributed by atoms with Gasteiger partial charge >= 0.3 is 5.97 Å². The van der Waals surface area contributed by atoms with Crippen LogP contribution in [-0.4, -0.2) is 31.8 Å². The molecule has 0 bridgehead atoms. The largest absolute Gasteiger partial charge is 0.456 e. The Labute approximate surface area is 144 Å². The molecule has 2 aromatic rings. The molecule has 0 amide bonds. The van der Waals surface area contributed by atoms with Crippen molar-refractivity contribution in [1.82, 2.24) is 20.2 Å². The summed E-state index contributed by atoms with van der Waals surface area (Å²) in [5, 5.41) is 15.2. The Morgan fingerprint density at radius 1 is 1.33 bits per heavy atom. The van der Waals surface area contributed by atoms with Crippen LogP contribution in [0.15, 0.2) is 35.5 Å². The smallest absolute Gasteiger partial charge is 0.338 e. The van der Waals surface area contributed by atoms with Crippen LogP contribution in [0.5, 0.6) is 0 Å². The van der Waals surface area contributed by atoms with Crippen molar-refractivity contribution < 1.29 is 9.53 Å². The van der Waals surface area contributed by atoms with Crippen molar-refractivity contribution in [2.75, 3.05) is 5.32 Å². The summed E-state index contributed by atoms with van der Waals surface area (Å²) in [7, 11) is 0. The third-order valence-corrected chi connectivity index (χ3v) is 3.88. The van der Waals surface area contributed by atoms with E-state index < -0.39 is 17.6 Å². The van der Waals surface area contributed by atoms with Crippen LogP contribution in [0.4, 0.5) is 5.95 Å². The van der Waals surface area contributed by atoms with E-state index in [1.807, 2.05) is 39.0 Å². The van der Waals surface area contributed by atoms with Gasteiger partial charge in [-0.15, -0.1) is 0 Å². The molecule has 1 aromatic carbocycles. The maximum Gasteiger partial charge on any atom is 0.338 e. The van der Waals surface area contributed by atoms with Crippen molar-refractivity contribution in [2.24, 2.45) is 0 Å². The zero-order chi connectivity index (χ0) is 17.5. The van der Waals surface area contributed by atoms with E-state index in [2.05, 4.69) is 20.8 Å². The Morgan fingerprint density at radius 2 is 2.04 bits per heavy atom. The van der Waals surface area contributed by atoms with Gasteiger partial charge in [0, 0.05) is 16.3 Å². The summed E-state index contributed by atoms with van der Waals surface area (Å²) in [6, 6.07) is 6.75. The van der Waals surface area contributed by atoms with Crippen LogP contribution < -0.4 is 5.32 Å². The predicted molar refractivity (Wildman–Crippen MR) is 89.6 cm³/mol. The molecule has 0 radical (unpaired) electrons. The number of carbonyl (C=O) groups is 1. The molecule has 1 aliphatic rings. The van der Waals surface area contributed by atoms with Crippen LogP contribution in [0.25, 0.3) is 0 Å². The maximum absolute atomic E-state index is 12.8. The average molecular weight is 348 g/mol. The molecule has 1 unspecified atom stereocenters. The standard InChI is InChI=1S/C16H18ClN5O2/c1-9-12(14(23)24-16(2,3)4)13(10-7-5-6-8-11(10)17)22-15(18-9)19-20-21-22/h5-8,13H,1-4H3,(H,18,19,21). The lowest BCUT2D eigenvalue weighted by Gasteiger charge is -2.30. The molecule has 1 N–H and O–H groups in total. The van der Waals surface area contributed by atoms with Crippen molar-refractivity contribution in [1.29, 1.82) is 0 Å². The molecule has 1 aromatic heterocycles. The molecule has 1 aliphatic heterocycles. The summed E-state index contributed by atoms with van der Waals surface area (Å²) in [5.74, 6) is 0.0169. The fraction of sp³-hybridized carbons (Fsp3) is 0.375. The predicted octanol–water partition coefficient (Wildman–Crippen LogP) is 2.96. The number of benzene rings is 1. The molecule has 0 fully saturated rings. The van der Waals surface area contributed by atoms with Gasteiger partial charge in [-0.05, 0) is 44.2 Å². The number of hydrogen-bond acceptors (Lipinski definition) is 6. The second-order valence-corrected chi connectivity index (χ2v) is 6.94. The van der Waals surface area contributed by atoms with Crippen LogP contribution in [0.1, 0.15) is 39.3 Å². The number of nitrogens with zero attached hydrogens (tertiary/aromatic N) is 4. The maximum atomic E-state index is 12.8. The van der Waals surface area contributed by atoms with Crippen molar-refractivity contribution in [3.8, 4) is 0 Å².